The second-order valence-corrected chi connectivity index (χ2v) is 12.1. The van der Waals surface area contributed by atoms with Gasteiger partial charge in [0.2, 0.25) is 0 Å². The molecule has 0 spiro atoms. The summed E-state index contributed by atoms with van der Waals surface area (Å²) in [6.45, 7) is 9.18. The molecule has 25 heavy (non-hydrogen) atoms. The molecule has 0 aliphatic carbocycles. The van der Waals surface area contributed by atoms with Gasteiger partial charge < -0.3 is 8.84 Å². The van der Waals surface area contributed by atoms with Gasteiger partial charge in [-0.3, -0.25) is 0 Å². The minimum atomic E-state index is -2.15. The quantitative estimate of drug-likeness (QED) is 0.493. The molecule has 0 N–H and O–H groups in total. The van der Waals surface area contributed by atoms with Crippen LogP contribution < -0.4 is 4.43 Å². The summed E-state index contributed by atoms with van der Waals surface area (Å²) in [7, 11) is -2.15. The lowest BCUT2D eigenvalue weighted by Crippen LogP contribution is -2.46. The van der Waals surface area contributed by atoms with Crippen molar-refractivity contribution in [2.75, 3.05) is 0 Å². The third-order valence-electron chi connectivity index (χ3n) is 5.32. The molecule has 4 rings (SSSR count). The van der Waals surface area contributed by atoms with Crippen LogP contribution in [-0.4, -0.2) is 8.32 Å². The molecule has 2 heterocycles. The normalized spacial score (nSPS) is 17.4. The van der Waals surface area contributed by atoms with Gasteiger partial charge in [-0.2, -0.15) is 0 Å². The molecule has 1 aliphatic heterocycles. The lowest BCUT2D eigenvalue weighted by Gasteiger charge is -2.35. The molecule has 3 aromatic rings. The highest BCUT2D eigenvalue weighted by molar-refractivity contribution is 6.96. The maximum atomic E-state index is 6.71. The van der Waals surface area contributed by atoms with E-state index >= 15 is 0 Å². The first-order valence-corrected chi connectivity index (χ1v) is 11.1. The van der Waals surface area contributed by atoms with Crippen molar-refractivity contribution in [3.63, 3.8) is 0 Å². The van der Waals surface area contributed by atoms with Gasteiger partial charge in [-0.05, 0) is 40.6 Å². The van der Waals surface area contributed by atoms with E-state index in [0.717, 1.165) is 22.5 Å². The van der Waals surface area contributed by atoms with Crippen LogP contribution in [0.1, 0.15) is 39.0 Å². The zero-order chi connectivity index (χ0) is 17.6. The Hall–Kier alpha value is -2.26. The zero-order valence-corrected chi connectivity index (χ0v) is 16.2. The Bertz CT molecular complexity index is 908. The van der Waals surface area contributed by atoms with Crippen molar-refractivity contribution in [3.05, 3.63) is 65.9 Å². The molecule has 1 aliphatic rings. The number of rotatable bonds is 3. The Morgan fingerprint density at radius 3 is 2.28 bits per heavy atom. The average Bonchev–Trinajstić information content (AvgIpc) is 3.14. The number of para-hydroxylation sites is 2. The molecule has 0 bridgehead atoms. The fourth-order valence-electron chi connectivity index (χ4n) is 4.16. The fraction of sp³-hybridized carbons (Fsp3) is 0.273. The second kappa shape index (κ2) is 5.92. The van der Waals surface area contributed by atoms with Gasteiger partial charge in [-0.15, -0.1) is 0 Å². The Morgan fingerprint density at radius 1 is 0.880 bits per heavy atom. The third kappa shape index (κ3) is 2.45. The first-order valence-electron chi connectivity index (χ1n) is 9.01. The van der Waals surface area contributed by atoms with E-state index in [-0.39, 0.29) is 0 Å². The number of furan rings is 1. The van der Waals surface area contributed by atoms with Gasteiger partial charge in [0.05, 0.1) is 0 Å². The molecular formula is C22H24O2Si. The van der Waals surface area contributed by atoms with E-state index in [9.17, 15) is 0 Å². The molecular weight excluding hydrogens is 324 g/mol. The van der Waals surface area contributed by atoms with E-state index < -0.39 is 8.32 Å². The second-order valence-electron chi connectivity index (χ2n) is 7.45. The summed E-state index contributed by atoms with van der Waals surface area (Å²) in [5.74, 6) is 1.94. The lowest BCUT2D eigenvalue weighted by atomic mass is 10.1. The first-order chi connectivity index (χ1) is 12.0. The van der Waals surface area contributed by atoms with Crippen molar-refractivity contribution in [2.24, 2.45) is 0 Å². The highest BCUT2D eigenvalue weighted by Crippen LogP contribution is 2.52. The molecule has 128 valence electrons. The fourth-order valence-corrected chi connectivity index (χ4v) is 8.85. The monoisotopic (exact) mass is 348 g/mol. The highest BCUT2D eigenvalue weighted by atomic mass is 28.4. The van der Waals surface area contributed by atoms with Crippen LogP contribution in [0.3, 0.4) is 0 Å². The van der Waals surface area contributed by atoms with Gasteiger partial charge in [-0.1, -0.05) is 64.1 Å². The largest absolute Gasteiger partial charge is 0.538 e. The lowest BCUT2D eigenvalue weighted by molar-refractivity contribution is 0.529. The molecule has 0 radical (unpaired) electrons. The van der Waals surface area contributed by atoms with E-state index in [1.807, 2.05) is 18.2 Å². The third-order valence-corrected chi connectivity index (χ3v) is 10.6. The van der Waals surface area contributed by atoms with Crippen LogP contribution in [0.5, 0.6) is 5.75 Å². The number of benzene rings is 2. The molecule has 0 amide bonds. The number of hydrogen-bond donors (Lipinski definition) is 0. The number of fused-ring (bicyclic) bond motifs is 2. The Kier molecular flexibility index (Phi) is 3.84. The maximum absolute atomic E-state index is 6.71. The summed E-state index contributed by atoms with van der Waals surface area (Å²) in [6, 6.07) is 18.7. The van der Waals surface area contributed by atoms with E-state index in [1.165, 1.54) is 10.8 Å². The Morgan fingerprint density at radius 2 is 1.56 bits per heavy atom. The SMILES string of the molecule is CC(C)[Si]1(C(C)C)Oc2ccccc2/C1=C/c1cc2ccccc2o1. The summed E-state index contributed by atoms with van der Waals surface area (Å²) in [4.78, 5) is 0. The van der Waals surface area contributed by atoms with Crippen LogP contribution in [0.25, 0.3) is 22.2 Å². The van der Waals surface area contributed by atoms with E-state index in [0.29, 0.717) is 11.1 Å². The van der Waals surface area contributed by atoms with Crippen molar-refractivity contribution >= 4 is 30.6 Å². The standard InChI is InChI=1S/C22H24O2Si/c1-15(2)25(16(3)4)22(19-10-6-8-12-21(19)24-25)14-18-13-17-9-5-7-11-20(17)23-18/h5-16H,1-4H3/b22-14-. The van der Waals surface area contributed by atoms with Crippen molar-refractivity contribution in [1.82, 2.24) is 0 Å². The molecule has 3 heteroatoms. The maximum Gasteiger partial charge on any atom is 0.288 e. The number of hydrogen-bond acceptors (Lipinski definition) is 2. The van der Waals surface area contributed by atoms with Crippen molar-refractivity contribution in [3.8, 4) is 5.75 Å². The van der Waals surface area contributed by atoms with Crippen molar-refractivity contribution < 1.29 is 8.84 Å². The van der Waals surface area contributed by atoms with Crippen molar-refractivity contribution in [2.45, 2.75) is 38.8 Å². The molecule has 2 nitrogen and oxygen atoms in total. The van der Waals surface area contributed by atoms with Crippen LogP contribution in [0.15, 0.2) is 59.0 Å². The summed E-state index contributed by atoms with van der Waals surface area (Å²) < 4.78 is 12.8. The van der Waals surface area contributed by atoms with Gasteiger partial charge in [0.15, 0.2) is 0 Å². The highest BCUT2D eigenvalue weighted by Gasteiger charge is 2.52. The van der Waals surface area contributed by atoms with Gasteiger partial charge >= 0.3 is 0 Å². The Labute approximate surface area is 150 Å². The van der Waals surface area contributed by atoms with E-state index in [1.54, 1.807) is 0 Å². The summed E-state index contributed by atoms with van der Waals surface area (Å²) in [5.41, 5.74) is 3.13. The minimum absolute atomic E-state index is 0.482. The predicted octanol–water partition coefficient (Wildman–Crippen LogP) is 6.67. The zero-order valence-electron chi connectivity index (χ0n) is 15.2. The smallest absolute Gasteiger partial charge is 0.288 e. The van der Waals surface area contributed by atoms with Crippen molar-refractivity contribution in [1.29, 1.82) is 0 Å². The molecule has 0 saturated carbocycles. The predicted molar refractivity (Wildman–Crippen MR) is 107 cm³/mol. The molecule has 2 aromatic carbocycles. The van der Waals surface area contributed by atoms with E-state index in [2.05, 4.69) is 70.2 Å². The molecule has 0 unspecified atom stereocenters. The van der Waals surface area contributed by atoms with Gasteiger partial charge in [0, 0.05) is 10.9 Å². The molecule has 0 atom stereocenters. The minimum Gasteiger partial charge on any atom is -0.538 e. The van der Waals surface area contributed by atoms with Gasteiger partial charge in [0.25, 0.3) is 8.32 Å². The first kappa shape index (κ1) is 16.2. The topological polar surface area (TPSA) is 22.4 Å². The van der Waals surface area contributed by atoms with Gasteiger partial charge in [0.1, 0.15) is 17.1 Å². The Balaban J connectivity index is 1.93. The van der Waals surface area contributed by atoms with E-state index in [4.69, 9.17) is 8.84 Å². The van der Waals surface area contributed by atoms with Crippen LogP contribution >= 0.6 is 0 Å². The summed E-state index contributed by atoms with van der Waals surface area (Å²) in [5, 5.41) is 2.50. The van der Waals surface area contributed by atoms with Crippen LogP contribution in [0.4, 0.5) is 0 Å². The van der Waals surface area contributed by atoms with Crippen LogP contribution in [0, 0.1) is 0 Å². The average molecular weight is 349 g/mol. The summed E-state index contributed by atoms with van der Waals surface area (Å²) in [6.07, 6.45) is 2.23. The molecule has 1 aromatic heterocycles. The summed E-state index contributed by atoms with van der Waals surface area (Å²) >= 11 is 0. The molecule has 0 saturated heterocycles. The van der Waals surface area contributed by atoms with Crippen LogP contribution in [-0.2, 0) is 0 Å². The van der Waals surface area contributed by atoms with Gasteiger partial charge in [-0.25, -0.2) is 0 Å². The van der Waals surface area contributed by atoms with Crippen LogP contribution in [0.2, 0.25) is 11.1 Å². The molecule has 0 fully saturated rings.